The van der Waals surface area contributed by atoms with E-state index in [1.807, 2.05) is 20.8 Å². The molecule has 2 amide bonds. The first-order chi connectivity index (χ1) is 7.84. The van der Waals surface area contributed by atoms with Crippen molar-refractivity contribution in [1.29, 1.82) is 0 Å². The molecule has 0 saturated carbocycles. The van der Waals surface area contributed by atoms with Gasteiger partial charge in [-0.05, 0) is 25.2 Å². The molecule has 0 aromatic rings. The van der Waals surface area contributed by atoms with Gasteiger partial charge in [0, 0.05) is 6.04 Å². The van der Waals surface area contributed by atoms with E-state index in [1.54, 1.807) is 4.90 Å². The van der Waals surface area contributed by atoms with Crippen LogP contribution in [0.4, 0.5) is 0 Å². The van der Waals surface area contributed by atoms with Crippen molar-refractivity contribution in [3.8, 4) is 0 Å². The zero-order chi connectivity index (χ0) is 13.2. The molecule has 0 aromatic heterocycles. The number of nitrogens with one attached hydrogen (secondary N) is 1. The lowest BCUT2D eigenvalue weighted by atomic mass is 9.95. The minimum atomic E-state index is -0.315. The van der Waals surface area contributed by atoms with E-state index in [4.69, 9.17) is 0 Å². The summed E-state index contributed by atoms with van der Waals surface area (Å²) in [6.45, 7) is 10.4. The summed E-state index contributed by atoms with van der Waals surface area (Å²) >= 11 is 0. The Bertz CT molecular complexity index is 300. The molecule has 0 aromatic carbocycles. The first-order valence-corrected chi connectivity index (χ1v) is 6.43. The molecule has 0 radical (unpaired) electrons. The molecule has 1 aliphatic rings. The van der Waals surface area contributed by atoms with Crippen molar-refractivity contribution in [2.75, 3.05) is 6.54 Å². The molecule has 1 aliphatic heterocycles. The molecule has 1 heterocycles. The second-order valence-electron chi connectivity index (χ2n) is 5.69. The minimum absolute atomic E-state index is 0.0183. The van der Waals surface area contributed by atoms with Gasteiger partial charge in [0.2, 0.25) is 11.8 Å². The van der Waals surface area contributed by atoms with Gasteiger partial charge in [-0.2, -0.15) is 0 Å². The highest BCUT2D eigenvalue weighted by molar-refractivity contribution is 5.95. The smallest absolute Gasteiger partial charge is 0.243 e. The molecule has 2 unspecified atom stereocenters. The van der Waals surface area contributed by atoms with Crippen molar-refractivity contribution in [3.05, 3.63) is 0 Å². The van der Waals surface area contributed by atoms with E-state index in [0.29, 0.717) is 5.92 Å². The number of nitrogens with zero attached hydrogens (tertiary/aromatic N) is 1. The highest BCUT2D eigenvalue weighted by Gasteiger charge is 2.38. The van der Waals surface area contributed by atoms with Crippen LogP contribution in [-0.2, 0) is 9.59 Å². The van der Waals surface area contributed by atoms with E-state index >= 15 is 0 Å². The summed E-state index contributed by atoms with van der Waals surface area (Å²) in [5, 5.41) is 2.67. The summed E-state index contributed by atoms with van der Waals surface area (Å²) in [5.74, 6) is 0.691. The predicted octanol–water partition coefficient (Wildman–Crippen LogP) is 1.40. The fraction of sp³-hybridized carbons (Fsp3) is 0.846. The van der Waals surface area contributed by atoms with Crippen LogP contribution in [0.5, 0.6) is 0 Å². The number of piperazine rings is 1. The zero-order valence-corrected chi connectivity index (χ0v) is 11.5. The Kier molecular flexibility index (Phi) is 4.54. The Morgan fingerprint density at radius 3 is 2.29 bits per heavy atom. The fourth-order valence-corrected chi connectivity index (χ4v) is 2.58. The van der Waals surface area contributed by atoms with Crippen molar-refractivity contribution in [2.24, 2.45) is 11.8 Å². The molecule has 1 N–H and O–H groups in total. The standard InChI is InChI=1S/C13H24N2O2/c1-8(2)6-10(5)15-11(16)7-14-13(17)12(15)9(3)4/h8-10,12H,6-7H2,1-5H3,(H,14,17). The van der Waals surface area contributed by atoms with Crippen LogP contribution < -0.4 is 5.32 Å². The monoisotopic (exact) mass is 240 g/mol. The summed E-state index contributed by atoms with van der Waals surface area (Å²) in [4.78, 5) is 25.6. The maximum Gasteiger partial charge on any atom is 0.243 e. The predicted molar refractivity (Wildman–Crippen MR) is 67.4 cm³/mol. The van der Waals surface area contributed by atoms with Crippen molar-refractivity contribution < 1.29 is 9.59 Å². The largest absolute Gasteiger partial charge is 0.345 e. The third kappa shape index (κ3) is 3.20. The Morgan fingerprint density at radius 2 is 1.82 bits per heavy atom. The first kappa shape index (κ1) is 14.0. The van der Waals surface area contributed by atoms with Gasteiger partial charge < -0.3 is 10.2 Å². The summed E-state index contributed by atoms with van der Waals surface area (Å²) in [6, 6.07) is -0.189. The Labute approximate surface area is 104 Å². The topological polar surface area (TPSA) is 49.4 Å². The van der Waals surface area contributed by atoms with Crippen LogP contribution in [0.2, 0.25) is 0 Å². The molecule has 17 heavy (non-hydrogen) atoms. The lowest BCUT2D eigenvalue weighted by Gasteiger charge is -2.41. The van der Waals surface area contributed by atoms with Gasteiger partial charge in [-0.3, -0.25) is 9.59 Å². The van der Waals surface area contributed by atoms with Crippen LogP contribution in [0.15, 0.2) is 0 Å². The SMILES string of the molecule is CC(C)CC(C)N1C(=O)CNC(=O)C1C(C)C. The van der Waals surface area contributed by atoms with Gasteiger partial charge in [0.25, 0.3) is 0 Å². The molecule has 4 nitrogen and oxygen atoms in total. The molecule has 4 heteroatoms. The van der Waals surface area contributed by atoms with Crippen LogP contribution in [0.25, 0.3) is 0 Å². The first-order valence-electron chi connectivity index (χ1n) is 6.43. The van der Waals surface area contributed by atoms with Gasteiger partial charge in [0.1, 0.15) is 6.04 Å². The van der Waals surface area contributed by atoms with Crippen LogP contribution in [-0.4, -0.2) is 35.3 Å². The van der Waals surface area contributed by atoms with Gasteiger partial charge in [0.15, 0.2) is 0 Å². The molecule has 1 saturated heterocycles. The van der Waals surface area contributed by atoms with Crippen molar-refractivity contribution in [1.82, 2.24) is 10.2 Å². The van der Waals surface area contributed by atoms with E-state index in [-0.39, 0.29) is 36.4 Å². The minimum Gasteiger partial charge on any atom is -0.345 e. The van der Waals surface area contributed by atoms with Crippen molar-refractivity contribution in [3.63, 3.8) is 0 Å². The lowest BCUT2D eigenvalue weighted by molar-refractivity contribution is -0.150. The maximum atomic E-state index is 12.0. The Hall–Kier alpha value is -1.06. The molecule has 0 aliphatic carbocycles. The van der Waals surface area contributed by atoms with Gasteiger partial charge in [0.05, 0.1) is 6.54 Å². The van der Waals surface area contributed by atoms with E-state index in [2.05, 4.69) is 19.2 Å². The maximum absolute atomic E-state index is 12.0. The Morgan fingerprint density at radius 1 is 1.24 bits per heavy atom. The normalized spacial score (nSPS) is 23.2. The van der Waals surface area contributed by atoms with Crippen LogP contribution in [0, 0.1) is 11.8 Å². The number of amides is 2. The third-order valence-electron chi connectivity index (χ3n) is 3.19. The van der Waals surface area contributed by atoms with E-state index < -0.39 is 0 Å². The summed E-state index contributed by atoms with van der Waals surface area (Å²) in [7, 11) is 0. The van der Waals surface area contributed by atoms with Crippen molar-refractivity contribution >= 4 is 11.8 Å². The number of hydrogen-bond acceptors (Lipinski definition) is 2. The van der Waals surface area contributed by atoms with Gasteiger partial charge in [-0.1, -0.05) is 27.7 Å². The van der Waals surface area contributed by atoms with Crippen LogP contribution in [0.1, 0.15) is 41.0 Å². The van der Waals surface area contributed by atoms with Crippen LogP contribution in [0.3, 0.4) is 0 Å². The number of carbonyl (C=O) groups is 2. The highest BCUT2D eigenvalue weighted by Crippen LogP contribution is 2.21. The van der Waals surface area contributed by atoms with E-state index in [9.17, 15) is 9.59 Å². The number of hydrogen-bond donors (Lipinski definition) is 1. The van der Waals surface area contributed by atoms with E-state index in [0.717, 1.165) is 6.42 Å². The summed E-state index contributed by atoms with van der Waals surface area (Å²) in [6.07, 6.45) is 0.933. The highest BCUT2D eigenvalue weighted by atomic mass is 16.2. The second-order valence-corrected chi connectivity index (χ2v) is 5.69. The molecule has 98 valence electrons. The fourth-order valence-electron chi connectivity index (χ4n) is 2.58. The van der Waals surface area contributed by atoms with Crippen LogP contribution >= 0.6 is 0 Å². The average molecular weight is 240 g/mol. The molecule has 0 spiro atoms. The zero-order valence-electron chi connectivity index (χ0n) is 11.5. The molecule has 2 atom stereocenters. The van der Waals surface area contributed by atoms with E-state index in [1.165, 1.54) is 0 Å². The summed E-state index contributed by atoms with van der Waals surface area (Å²) < 4.78 is 0. The number of rotatable bonds is 4. The molecule has 1 rings (SSSR count). The molecular formula is C13H24N2O2. The lowest BCUT2D eigenvalue weighted by Crippen LogP contribution is -2.62. The quantitative estimate of drug-likeness (QED) is 0.807. The third-order valence-corrected chi connectivity index (χ3v) is 3.19. The summed E-state index contributed by atoms with van der Waals surface area (Å²) in [5.41, 5.74) is 0. The van der Waals surface area contributed by atoms with Gasteiger partial charge in [-0.15, -0.1) is 0 Å². The molecule has 1 fully saturated rings. The van der Waals surface area contributed by atoms with Crippen molar-refractivity contribution in [2.45, 2.75) is 53.1 Å². The molecule has 0 bridgehead atoms. The molecular weight excluding hydrogens is 216 g/mol. The average Bonchev–Trinajstić information content (AvgIpc) is 2.19. The number of carbonyl (C=O) groups excluding carboxylic acids is 2. The van der Waals surface area contributed by atoms with Gasteiger partial charge >= 0.3 is 0 Å². The Balaban J connectivity index is 2.88. The van der Waals surface area contributed by atoms with Gasteiger partial charge in [-0.25, -0.2) is 0 Å². The second kappa shape index (κ2) is 5.52.